The molecule has 6 nitrogen and oxygen atoms in total. The lowest BCUT2D eigenvalue weighted by molar-refractivity contribution is 0.100. The van der Waals surface area contributed by atoms with Crippen LogP contribution in [0.5, 0.6) is 0 Å². The van der Waals surface area contributed by atoms with E-state index in [1.54, 1.807) is 18.4 Å². The van der Waals surface area contributed by atoms with Crippen molar-refractivity contribution in [2.75, 3.05) is 18.6 Å². The number of hydrogen-bond acceptors (Lipinski definition) is 5. The van der Waals surface area contributed by atoms with Gasteiger partial charge in [0, 0.05) is 23.6 Å². The summed E-state index contributed by atoms with van der Waals surface area (Å²) in [5.41, 5.74) is 9.80. The van der Waals surface area contributed by atoms with E-state index in [0.29, 0.717) is 30.5 Å². The van der Waals surface area contributed by atoms with Gasteiger partial charge >= 0.3 is 0 Å². The van der Waals surface area contributed by atoms with Crippen LogP contribution in [0.15, 0.2) is 29.8 Å². The summed E-state index contributed by atoms with van der Waals surface area (Å²) in [6.45, 7) is 0.543. The molecule has 0 aliphatic carbocycles. The summed E-state index contributed by atoms with van der Waals surface area (Å²) >= 11 is 1.61. The Bertz CT molecular complexity index is 1130. The number of carbonyl (C=O) groups is 1. The van der Waals surface area contributed by atoms with Crippen LogP contribution >= 0.6 is 11.3 Å². The van der Waals surface area contributed by atoms with E-state index in [1.165, 1.54) is 0 Å². The second-order valence-corrected chi connectivity index (χ2v) is 10.5. The van der Waals surface area contributed by atoms with Crippen LogP contribution in [0.25, 0.3) is 22.0 Å². The highest BCUT2D eigenvalue weighted by Gasteiger charge is 2.27. The lowest BCUT2D eigenvalue weighted by atomic mass is 9.91. The van der Waals surface area contributed by atoms with Crippen molar-refractivity contribution in [1.82, 2.24) is 4.98 Å². The zero-order chi connectivity index (χ0) is 19.9. The molecule has 0 spiro atoms. The molecular formula is C20H22N2O4S2. The van der Waals surface area contributed by atoms with E-state index in [4.69, 9.17) is 10.5 Å². The molecule has 0 atom stereocenters. The van der Waals surface area contributed by atoms with Crippen molar-refractivity contribution in [3.63, 3.8) is 0 Å². The van der Waals surface area contributed by atoms with Crippen molar-refractivity contribution in [2.24, 2.45) is 5.73 Å². The first-order valence-electron chi connectivity index (χ1n) is 9.10. The lowest BCUT2D eigenvalue weighted by Gasteiger charge is -2.21. The van der Waals surface area contributed by atoms with Gasteiger partial charge in [0.15, 0.2) is 0 Å². The zero-order valence-electron chi connectivity index (χ0n) is 15.5. The molecule has 1 aliphatic rings. The van der Waals surface area contributed by atoms with Crippen LogP contribution in [-0.2, 0) is 21.2 Å². The van der Waals surface area contributed by atoms with E-state index >= 15 is 0 Å². The highest BCUT2D eigenvalue weighted by molar-refractivity contribution is 7.91. The monoisotopic (exact) mass is 418 g/mol. The number of fused-ring (bicyclic) bond motifs is 1. The Hall–Kier alpha value is -2.16. The van der Waals surface area contributed by atoms with Crippen molar-refractivity contribution in [3.05, 3.63) is 45.8 Å². The summed E-state index contributed by atoms with van der Waals surface area (Å²) in [4.78, 5) is 16.4. The second kappa shape index (κ2) is 7.35. The van der Waals surface area contributed by atoms with E-state index in [9.17, 15) is 13.2 Å². The number of methoxy groups -OCH3 is 1. The second-order valence-electron chi connectivity index (χ2n) is 7.22. The van der Waals surface area contributed by atoms with E-state index in [-0.39, 0.29) is 17.4 Å². The average molecular weight is 419 g/mol. The highest BCUT2D eigenvalue weighted by atomic mass is 32.2. The minimum absolute atomic E-state index is 0.153. The number of rotatable bonds is 5. The highest BCUT2D eigenvalue weighted by Crippen LogP contribution is 2.38. The number of thiophene rings is 1. The van der Waals surface area contributed by atoms with Gasteiger partial charge in [-0.1, -0.05) is 0 Å². The number of aromatic nitrogens is 1. The zero-order valence-corrected chi connectivity index (χ0v) is 17.2. The van der Waals surface area contributed by atoms with Crippen LogP contribution < -0.4 is 5.73 Å². The average Bonchev–Trinajstić information content (AvgIpc) is 3.28. The molecule has 4 rings (SSSR count). The molecule has 0 bridgehead atoms. The maximum atomic E-state index is 12.1. The number of carbonyl (C=O) groups excluding carboxylic acids is 1. The minimum Gasteiger partial charge on any atom is -0.379 e. The summed E-state index contributed by atoms with van der Waals surface area (Å²) < 4.78 is 28.8. The van der Waals surface area contributed by atoms with Crippen LogP contribution in [-0.4, -0.2) is 37.9 Å². The molecule has 1 aliphatic heterocycles. The first kappa shape index (κ1) is 19.2. The van der Waals surface area contributed by atoms with Gasteiger partial charge in [0.25, 0.3) is 5.91 Å². The van der Waals surface area contributed by atoms with E-state index < -0.39 is 15.7 Å². The van der Waals surface area contributed by atoms with Gasteiger partial charge in [0.1, 0.15) is 9.84 Å². The minimum atomic E-state index is -2.93. The van der Waals surface area contributed by atoms with Crippen molar-refractivity contribution < 1.29 is 17.9 Å². The third kappa shape index (κ3) is 3.59. The number of sulfone groups is 1. The van der Waals surface area contributed by atoms with Crippen molar-refractivity contribution in [1.29, 1.82) is 0 Å². The van der Waals surface area contributed by atoms with Gasteiger partial charge in [-0.05, 0) is 59.0 Å². The van der Waals surface area contributed by atoms with Crippen LogP contribution in [0.1, 0.15) is 39.6 Å². The van der Waals surface area contributed by atoms with Gasteiger partial charge in [-0.2, -0.15) is 0 Å². The van der Waals surface area contributed by atoms with Crippen molar-refractivity contribution >= 4 is 38.0 Å². The van der Waals surface area contributed by atoms with E-state index in [2.05, 4.69) is 17.1 Å². The summed E-state index contributed by atoms with van der Waals surface area (Å²) in [7, 11) is -1.27. The van der Waals surface area contributed by atoms with Crippen LogP contribution in [0, 0.1) is 0 Å². The standard InChI is InChI=1S/C20H22N2O4S2/c1-26-10-15-6-14(11-27-15)13-7-16-18(12-2-4-28(24,25)5-3-12)9-22-19(16)17(8-13)20(21)23/h6-9,11-12,22H,2-5,10H2,1H3,(H2,21,23). The lowest BCUT2D eigenvalue weighted by Crippen LogP contribution is -2.22. The van der Waals surface area contributed by atoms with Gasteiger partial charge in [-0.3, -0.25) is 4.79 Å². The molecule has 0 unspecified atom stereocenters. The molecule has 0 saturated carbocycles. The number of ether oxygens (including phenoxy) is 1. The Morgan fingerprint density at radius 2 is 2.00 bits per heavy atom. The molecular weight excluding hydrogens is 396 g/mol. The van der Waals surface area contributed by atoms with Crippen LogP contribution in [0.3, 0.4) is 0 Å². The van der Waals surface area contributed by atoms with E-state index in [1.807, 2.05) is 17.6 Å². The number of aromatic amines is 1. The fraction of sp³-hybridized carbons (Fsp3) is 0.350. The number of nitrogens with two attached hydrogens (primary N) is 1. The largest absolute Gasteiger partial charge is 0.379 e. The molecule has 1 aromatic carbocycles. The van der Waals surface area contributed by atoms with Crippen LogP contribution in [0.4, 0.5) is 0 Å². The predicted molar refractivity (Wildman–Crippen MR) is 111 cm³/mol. The van der Waals surface area contributed by atoms with Gasteiger partial charge in [-0.15, -0.1) is 11.3 Å². The number of H-pyrrole nitrogens is 1. The smallest absolute Gasteiger partial charge is 0.250 e. The molecule has 2 aromatic heterocycles. The van der Waals surface area contributed by atoms with Gasteiger partial charge < -0.3 is 15.5 Å². The topological polar surface area (TPSA) is 102 Å². The van der Waals surface area contributed by atoms with Gasteiger partial charge in [-0.25, -0.2) is 8.42 Å². The Labute approximate surface area is 167 Å². The molecule has 0 radical (unpaired) electrons. The van der Waals surface area contributed by atoms with Crippen LogP contribution in [0.2, 0.25) is 0 Å². The predicted octanol–water partition coefficient (Wildman–Crippen LogP) is 3.43. The summed E-state index contributed by atoms with van der Waals surface area (Å²) in [5.74, 6) is 0.0773. The number of amides is 1. The number of benzene rings is 1. The molecule has 3 heterocycles. The van der Waals surface area contributed by atoms with Crippen molar-refractivity contribution in [2.45, 2.75) is 25.4 Å². The SMILES string of the molecule is COCc1cc(-c2cc(C(N)=O)c3[nH]cc(C4CCS(=O)(=O)CC4)c3c2)cs1. The fourth-order valence-electron chi connectivity index (χ4n) is 3.90. The molecule has 1 amide bonds. The van der Waals surface area contributed by atoms with Gasteiger partial charge in [0.2, 0.25) is 0 Å². The number of nitrogens with one attached hydrogen (secondary N) is 1. The fourth-order valence-corrected chi connectivity index (χ4v) is 6.26. The Kier molecular flexibility index (Phi) is 5.03. The number of primary amides is 1. The molecule has 8 heteroatoms. The van der Waals surface area contributed by atoms with Gasteiger partial charge in [0.05, 0.1) is 29.2 Å². The van der Waals surface area contributed by atoms with Crippen molar-refractivity contribution in [3.8, 4) is 11.1 Å². The Balaban J connectivity index is 1.80. The maximum absolute atomic E-state index is 12.1. The molecule has 3 aromatic rings. The summed E-state index contributed by atoms with van der Waals surface area (Å²) in [6.07, 6.45) is 3.09. The summed E-state index contributed by atoms with van der Waals surface area (Å²) in [5, 5.41) is 2.98. The molecule has 1 saturated heterocycles. The molecule has 3 N–H and O–H groups in total. The third-order valence-corrected chi connectivity index (χ3v) is 7.98. The van der Waals surface area contributed by atoms with E-state index in [0.717, 1.165) is 27.0 Å². The number of hydrogen-bond donors (Lipinski definition) is 2. The quantitative estimate of drug-likeness (QED) is 0.662. The molecule has 148 valence electrons. The Morgan fingerprint density at radius 3 is 2.68 bits per heavy atom. The molecule has 28 heavy (non-hydrogen) atoms. The first-order chi connectivity index (χ1) is 13.4. The normalized spacial score (nSPS) is 17.2. The molecule has 1 fully saturated rings. The first-order valence-corrected chi connectivity index (χ1v) is 11.8. The maximum Gasteiger partial charge on any atom is 0.250 e. The third-order valence-electron chi connectivity index (χ3n) is 5.35. The Morgan fingerprint density at radius 1 is 1.25 bits per heavy atom. The summed E-state index contributed by atoms with van der Waals surface area (Å²) in [6, 6.07) is 5.93.